The van der Waals surface area contributed by atoms with E-state index in [1.165, 1.54) is 11.3 Å². The molecule has 0 spiro atoms. The second kappa shape index (κ2) is 8.47. The second-order valence-electron chi connectivity index (χ2n) is 4.77. The highest BCUT2D eigenvalue weighted by Crippen LogP contribution is 2.33. The Bertz CT molecular complexity index is 688. The van der Waals surface area contributed by atoms with Gasteiger partial charge in [0, 0.05) is 22.4 Å². The van der Waals surface area contributed by atoms with Gasteiger partial charge in [-0.05, 0) is 30.7 Å². The Morgan fingerprint density at radius 2 is 1.96 bits per heavy atom. The standard InChI is InChI=1S/C16H18ClNO3S2/c1-10-6-13(20-2)14(21-3)7-12(10)18-16(19)9-22-8-11-4-5-15(17)23-11/h4-7H,8-9H2,1-3H3,(H,18,19). The van der Waals surface area contributed by atoms with Gasteiger partial charge in [0.25, 0.3) is 0 Å². The first-order valence-electron chi connectivity index (χ1n) is 6.88. The minimum atomic E-state index is -0.0482. The number of thiophene rings is 1. The van der Waals surface area contributed by atoms with Gasteiger partial charge >= 0.3 is 0 Å². The van der Waals surface area contributed by atoms with E-state index >= 15 is 0 Å². The lowest BCUT2D eigenvalue weighted by molar-refractivity contribution is -0.113. The molecule has 1 amide bonds. The Hall–Kier alpha value is -1.37. The number of aryl methyl sites for hydroxylation is 1. The molecule has 4 nitrogen and oxygen atoms in total. The first-order valence-corrected chi connectivity index (χ1v) is 9.23. The third-order valence-corrected chi connectivity index (χ3v) is 5.51. The molecule has 0 saturated heterocycles. The highest BCUT2D eigenvalue weighted by molar-refractivity contribution is 7.99. The van der Waals surface area contributed by atoms with Crippen molar-refractivity contribution in [2.45, 2.75) is 12.7 Å². The van der Waals surface area contributed by atoms with Crippen LogP contribution in [0.5, 0.6) is 11.5 Å². The smallest absolute Gasteiger partial charge is 0.234 e. The number of nitrogens with one attached hydrogen (secondary N) is 1. The van der Waals surface area contributed by atoms with Crippen LogP contribution in [0.25, 0.3) is 0 Å². The molecule has 0 saturated carbocycles. The maximum absolute atomic E-state index is 12.1. The fraction of sp³-hybridized carbons (Fsp3) is 0.312. The van der Waals surface area contributed by atoms with Crippen molar-refractivity contribution in [2.75, 3.05) is 25.3 Å². The first kappa shape index (κ1) is 18.0. The van der Waals surface area contributed by atoms with E-state index in [1.807, 2.05) is 25.1 Å². The fourth-order valence-corrected chi connectivity index (χ4v) is 4.00. The van der Waals surface area contributed by atoms with Crippen molar-refractivity contribution in [3.05, 3.63) is 39.0 Å². The SMILES string of the molecule is COc1cc(C)c(NC(=O)CSCc2ccc(Cl)s2)cc1OC. The van der Waals surface area contributed by atoms with Gasteiger partial charge in [-0.25, -0.2) is 0 Å². The number of rotatable bonds is 7. The molecule has 1 aromatic carbocycles. The summed E-state index contributed by atoms with van der Waals surface area (Å²) in [6.07, 6.45) is 0. The van der Waals surface area contributed by atoms with E-state index in [4.69, 9.17) is 21.1 Å². The Balaban J connectivity index is 1.92. The van der Waals surface area contributed by atoms with Gasteiger partial charge in [0.2, 0.25) is 5.91 Å². The van der Waals surface area contributed by atoms with Gasteiger partial charge in [-0.15, -0.1) is 23.1 Å². The van der Waals surface area contributed by atoms with Crippen LogP contribution in [0.2, 0.25) is 4.34 Å². The highest BCUT2D eigenvalue weighted by Gasteiger charge is 2.11. The number of ether oxygens (including phenoxy) is 2. The molecule has 124 valence electrons. The number of methoxy groups -OCH3 is 2. The number of amides is 1. The lowest BCUT2D eigenvalue weighted by Gasteiger charge is -2.13. The van der Waals surface area contributed by atoms with E-state index in [1.54, 1.807) is 32.0 Å². The largest absolute Gasteiger partial charge is 0.493 e. The second-order valence-corrected chi connectivity index (χ2v) is 7.55. The van der Waals surface area contributed by atoms with Crippen LogP contribution in [0.3, 0.4) is 0 Å². The van der Waals surface area contributed by atoms with Gasteiger partial charge in [0.05, 0.1) is 24.3 Å². The number of halogens is 1. The summed E-state index contributed by atoms with van der Waals surface area (Å²) in [6.45, 7) is 1.92. The molecule has 0 radical (unpaired) electrons. The molecule has 23 heavy (non-hydrogen) atoms. The normalized spacial score (nSPS) is 10.4. The molecule has 0 atom stereocenters. The minimum Gasteiger partial charge on any atom is -0.493 e. The average Bonchev–Trinajstić information content (AvgIpc) is 2.94. The molecular weight excluding hydrogens is 354 g/mol. The molecule has 0 aliphatic carbocycles. The molecule has 0 fully saturated rings. The molecule has 0 aliphatic heterocycles. The zero-order valence-corrected chi connectivity index (χ0v) is 15.5. The van der Waals surface area contributed by atoms with Crippen molar-refractivity contribution in [3.8, 4) is 11.5 Å². The van der Waals surface area contributed by atoms with E-state index in [0.29, 0.717) is 17.3 Å². The van der Waals surface area contributed by atoms with Crippen molar-refractivity contribution < 1.29 is 14.3 Å². The average molecular weight is 372 g/mol. The van der Waals surface area contributed by atoms with E-state index in [-0.39, 0.29) is 5.91 Å². The Morgan fingerprint density at radius 1 is 1.26 bits per heavy atom. The van der Waals surface area contributed by atoms with Crippen LogP contribution in [-0.2, 0) is 10.5 Å². The van der Waals surface area contributed by atoms with E-state index < -0.39 is 0 Å². The summed E-state index contributed by atoms with van der Waals surface area (Å²) in [6, 6.07) is 7.47. The molecule has 1 N–H and O–H groups in total. The van der Waals surface area contributed by atoms with E-state index in [9.17, 15) is 4.79 Å². The highest BCUT2D eigenvalue weighted by atomic mass is 35.5. The molecule has 7 heteroatoms. The fourth-order valence-electron chi connectivity index (χ4n) is 1.98. The number of carbonyl (C=O) groups is 1. The van der Waals surface area contributed by atoms with Crippen LogP contribution in [0.1, 0.15) is 10.4 Å². The Kier molecular flexibility index (Phi) is 6.62. The number of benzene rings is 1. The van der Waals surface area contributed by atoms with Crippen LogP contribution in [0.4, 0.5) is 5.69 Å². The number of carbonyl (C=O) groups excluding carboxylic acids is 1. The maximum Gasteiger partial charge on any atom is 0.234 e. The number of thioether (sulfide) groups is 1. The van der Waals surface area contributed by atoms with Gasteiger partial charge in [-0.2, -0.15) is 0 Å². The van der Waals surface area contributed by atoms with Crippen molar-refractivity contribution in [2.24, 2.45) is 0 Å². The number of anilines is 1. The molecule has 2 aromatic rings. The maximum atomic E-state index is 12.1. The predicted molar refractivity (Wildman–Crippen MR) is 98.4 cm³/mol. The molecular formula is C16H18ClNO3S2. The molecule has 2 rings (SSSR count). The van der Waals surface area contributed by atoms with Crippen LogP contribution in [-0.4, -0.2) is 25.9 Å². The van der Waals surface area contributed by atoms with Crippen LogP contribution >= 0.6 is 34.7 Å². The first-order chi connectivity index (χ1) is 11.0. The Morgan fingerprint density at radius 3 is 2.57 bits per heavy atom. The van der Waals surface area contributed by atoms with Crippen LogP contribution < -0.4 is 14.8 Å². The van der Waals surface area contributed by atoms with E-state index in [0.717, 1.165) is 26.2 Å². The summed E-state index contributed by atoms with van der Waals surface area (Å²) < 4.78 is 11.3. The molecule has 1 aromatic heterocycles. The van der Waals surface area contributed by atoms with Gasteiger partial charge in [0.1, 0.15) is 0 Å². The van der Waals surface area contributed by atoms with Crippen molar-refractivity contribution in [1.82, 2.24) is 0 Å². The van der Waals surface area contributed by atoms with Gasteiger partial charge < -0.3 is 14.8 Å². The van der Waals surface area contributed by atoms with Crippen LogP contribution in [0, 0.1) is 6.92 Å². The topological polar surface area (TPSA) is 47.6 Å². The summed E-state index contributed by atoms with van der Waals surface area (Å²) >= 11 is 8.98. The summed E-state index contributed by atoms with van der Waals surface area (Å²) in [7, 11) is 3.16. The molecule has 0 aliphatic rings. The lowest BCUT2D eigenvalue weighted by atomic mass is 10.1. The van der Waals surface area contributed by atoms with Gasteiger partial charge in [-0.1, -0.05) is 11.6 Å². The van der Waals surface area contributed by atoms with Crippen molar-refractivity contribution in [1.29, 1.82) is 0 Å². The van der Waals surface area contributed by atoms with Crippen molar-refractivity contribution in [3.63, 3.8) is 0 Å². The number of hydrogen-bond acceptors (Lipinski definition) is 5. The third-order valence-electron chi connectivity index (χ3n) is 3.11. The summed E-state index contributed by atoms with van der Waals surface area (Å²) in [5.74, 6) is 2.34. The van der Waals surface area contributed by atoms with Gasteiger partial charge in [0.15, 0.2) is 11.5 Å². The monoisotopic (exact) mass is 371 g/mol. The molecule has 0 bridgehead atoms. The summed E-state index contributed by atoms with van der Waals surface area (Å²) in [5.41, 5.74) is 1.65. The van der Waals surface area contributed by atoms with Gasteiger partial charge in [-0.3, -0.25) is 4.79 Å². The van der Waals surface area contributed by atoms with Crippen molar-refractivity contribution >= 4 is 46.3 Å². The third kappa shape index (κ3) is 5.06. The molecule has 1 heterocycles. The number of hydrogen-bond donors (Lipinski definition) is 1. The zero-order valence-electron chi connectivity index (χ0n) is 13.1. The quantitative estimate of drug-likeness (QED) is 0.772. The van der Waals surface area contributed by atoms with Crippen LogP contribution in [0.15, 0.2) is 24.3 Å². The van der Waals surface area contributed by atoms with E-state index in [2.05, 4.69) is 5.32 Å². The molecule has 0 unspecified atom stereocenters. The zero-order chi connectivity index (χ0) is 16.8. The summed E-state index contributed by atoms with van der Waals surface area (Å²) in [5, 5.41) is 2.91. The predicted octanol–water partition coefficient (Wildman–Crippen LogP) is 4.60. The summed E-state index contributed by atoms with van der Waals surface area (Å²) in [4.78, 5) is 13.2. The Labute approximate surface area is 149 Å². The lowest BCUT2D eigenvalue weighted by Crippen LogP contribution is -2.15. The minimum absolute atomic E-state index is 0.0482.